The molecule has 0 aliphatic rings. The highest BCUT2D eigenvalue weighted by Gasteiger charge is 2.27. The van der Waals surface area contributed by atoms with E-state index < -0.39 is 110 Å². The van der Waals surface area contributed by atoms with Crippen molar-refractivity contribution in [1.29, 1.82) is 0 Å². The zero-order valence-electron chi connectivity index (χ0n) is 28.2. The number of Topliss-reactive ketones (excluding diaryl/α,β-unsaturated/α-hetero) is 1. The van der Waals surface area contributed by atoms with Gasteiger partial charge >= 0.3 is 23.9 Å². The molecule has 2 unspecified atom stereocenters. The van der Waals surface area contributed by atoms with Gasteiger partial charge in [0.15, 0.2) is 0 Å². The number of rotatable bonds is 27. The third kappa shape index (κ3) is 20.3. The maximum atomic E-state index is 12.4. The normalized spacial score (nSPS) is 13.7. The van der Waals surface area contributed by atoms with Crippen molar-refractivity contribution in [2.75, 3.05) is 13.6 Å². The molecule has 282 valence electrons. The highest BCUT2D eigenvalue weighted by atomic mass is 16.4. The number of amides is 5. The van der Waals surface area contributed by atoms with Crippen LogP contribution in [0.5, 0.6) is 0 Å². The quantitative estimate of drug-likeness (QED) is 0.0406. The second kappa shape index (κ2) is 24.1. The van der Waals surface area contributed by atoms with E-state index in [2.05, 4.69) is 31.9 Å². The summed E-state index contributed by atoms with van der Waals surface area (Å²) >= 11 is 0. The molecule has 0 saturated heterocycles. The molecule has 0 fully saturated rings. The van der Waals surface area contributed by atoms with Crippen molar-refractivity contribution in [3.8, 4) is 0 Å². The van der Waals surface area contributed by atoms with Crippen LogP contribution in [0.1, 0.15) is 84.5 Å². The van der Waals surface area contributed by atoms with Gasteiger partial charge in [0.25, 0.3) is 0 Å². The summed E-state index contributed by atoms with van der Waals surface area (Å²) in [6.07, 6.45) is -1.46. The fourth-order valence-electron chi connectivity index (χ4n) is 4.52. The highest BCUT2D eigenvalue weighted by molar-refractivity contribution is 5.88. The van der Waals surface area contributed by atoms with Crippen LogP contribution in [-0.4, -0.2) is 123 Å². The fourth-order valence-corrected chi connectivity index (χ4v) is 4.52. The predicted molar refractivity (Wildman–Crippen MR) is 171 cm³/mol. The first-order chi connectivity index (χ1) is 23.4. The van der Waals surface area contributed by atoms with Crippen LogP contribution in [0.15, 0.2) is 0 Å². The molecule has 0 aliphatic heterocycles. The lowest BCUT2D eigenvalue weighted by atomic mass is 10.1. The number of ketones is 1. The van der Waals surface area contributed by atoms with Crippen molar-refractivity contribution in [2.24, 2.45) is 0 Å². The summed E-state index contributed by atoms with van der Waals surface area (Å²) in [6, 6.07) is -6.32. The summed E-state index contributed by atoms with van der Waals surface area (Å²) < 4.78 is 0. The molecule has 0 radical (unpaired) electrons. The van der Waals surface area contributed by atoms with Crippen LogP contribution < -0.4 is 31.9 Å². The monoisotopic (exact) mass is 716 g/mol. The van der Waals surface area contributed by atoms with Crippen molar-refractivity contribution in [3.05, 3.63) is 0 Å². The molecule has 0 heterocycles. The molecule has 20 heteroatoms. The summed E-state index contributed by atoms with van der Waals surface area (Å²) in [4.78, 5) is 118. The maximum Gasteiger partial charge on any atom is 0.326 e. The number of likely N-dealkylation sites (N-methyl/N-ethyl adjacent to an activating group) is 1. The topological polar surface area (TPSA) is 324 Å². The fraction of sp³-hybridized carbons (Fsp3) is 0.667. The second-order valence-corrected chi connectivity index (χ2v) is 11.4. The highest BCUT2D eigenvalue weighted by Crippen LogP contribution is 2.07. The maximum absolute atomic E-state index is 12.4. The van der Waals surface area contributed by atoms with Gasteiger partial charge in [-0.2, -0.15) is 0 Å². The molecule has 0 spiro atoms. The van der Waals surface area contributed by atoms with Gasteiger partial charge in [-0.15, -0.1) is 0 Å². The van der Waals surface area contributed by atoms with Gasteiger partial charge in [0.2, 0.25) is 29.5 Å². The number of carboxylic acids is 4. The Morgan fingerprint density at radius 3 is 1.10 bits per heavy atom. The first-order valence-electron chi connectivity index (χ1n) is 15.9. The summed E-state index contributed by atoms with van der Waals surface area (Å²) in [7, 11) is 1.67. The van der Waals surface area contributed by atoms with E-state index in [1.165, 1.54) is 6.92 Å². The molecule has 5 amide bonds. The average Bonchev–Trinajstić information content (AvgIpc) is 3.02. The molecule has 0 rings (SSSR count). The van der Waals surface area contributed by atoms with Crippen LogP contribution in [0.25, 0.3) is 0 Å². The van der Waals surface area contributed by atoms with Crippen LogP contribution >= 0.6 is 0 Å². The lowest BCUT2D eigenvalue weighted by Gasteiger charge is -2.18. The minimum atomic E-state index is -1.61. The van der Waals surface area contributed by atoms with Gasteiger partial charge < -0.3 is 52.3 Å². The summed E-state index contributed by atoms with van der Waals surface area (Å²) in [5, 5.41) is 51.5. The Bertz CT molecular complexity index is 1240. The first-order valence-corrected chi connectivity index (χ1v) is 15.9. The van der Waals surface area contributed by atoms with Crippen LogP contribution in [0.4, 0.5) is 0 Å². The van der Waals surface area contributed by atoms with Gasteiger partial charge in [0, 0.05) is 39.2 Å². The van der Waals surface area contributed by atoms with Gasteiger partial charge in [-0.3, -0.25) is 28.8 Å². The Morgan fingerprint density at radius 1 is 0.460 bits per heavy atom. The van der Waals surface area contributed by atoms with E-state index >= 15 is 0 Å². The molecule has 0 bridgehead atoms. The summed E-state index contributed by atoms with van der Waals surface area (Å²) in [5.74, 6) is -9.64. The largest absolute Gasteiger partial charge is 0.480 e. The van der Waals surface area contributed by atoms with E-state index in [0.29, 0.717) is 25.8 Å². The molecule has 0 aromatic rings. The van der Waals surface area contributed by atoms with Gasteiger partial charge in [-0.25, -0.2) is 19.2 Å². The summed E-state index contributed by atoms with van der Waals surface area (Å²) in [6.45, 7) is 2.86. The number of aliphatic carboxylic acids is 4. The molecule has 0 aliphatic carbocycles. The Morgan fingerprint density at radius 2 is 0.800 bits per heavy atom. The lowest BCUT2D eigenvalue weighted by molar-refractivity contribution is -0.144. The molecule has 0 aromatic heterocycles. The van der Waals surface area contributed by atoms with Crippen molar-refractivity contribution in [2.45, 2.75) is 115 Å². The molecule has 10 N–H and O–H groups in total. The Kier molecular flexibility index (Phi) is 21.6. The molecule has 50 heavy (non-hydrogen) atoms. The average molecular weight is 717 g/mol. The first kappa shape index (κ1) is 44.9. The smallest absolute Gasteiger partial charge is 0.326 e. The van der Waals surface area contributed by atoms with Crippen molar-refractivity contribution in [3.63, 3.8) is 0 Å². The van der Waals surface area contributed by atoms with Gasteiger partial charge in [-0.05, 0) is 58.9 Å². The number of hydrogen-bond acceptors (Lipinski definition) is 11. The van der Waals surface area contributed by atoms with Gasteiger partial charge in [0.05, 0.1) is 6.04 Å². The lowest BCUT2D eigenvalue weighted by Crippen LogP contribution is -2.45. The number of carbonyl (C=O) groups is 10. The van der Waals surface area contributed by atoms with Gasteiger partial charge in [-0.1, -0.05) is 0 Å². The standard InChI is InChI=1S/C30H48N6O14/c1-16(37)18(31-3)6-4-5-15-32-23(39)11-7-20(28(45)46)34-25(41)13-9-22(30(49)50)36-26(42)14-10-21(29(47)48)35-24(40)12-8-19(27(43)44)33-17(2)38/h18-22,31H,4-15H2,1-3H3,(H,32,39)(H,33,38)(H,34,41)(H,35,40)(H,36,42)(H,43,44)(H,45,46)(H,47,48)(H,49,50)/t18-,19?,20-,21-,22?/m0/s1. The molecule has 20 nitrogen and oxygen atoms in total. The number of unbranched alkanes of at least 4 members (excludes halogenated alkanes) is 1. The molecule has 0 saturated carbocycles. The van der Waals surface area contributed by atoms with Gasteiger partial charge in [0.1, 0.15) is 30.0 Å². The minimum absolute atomic E-state index is 0.00219. The van der Waals surface area contributed by atoms with E-state index in [-0.39, 0.29) is 31.1 Å². The van der Waals surface area contributed by atoms with Crippen molar-refractivity contribution in [1.82, 2.24) is 31.9 Å². The number of nitrogens with one attached hydrogen (secondary N) is 6. The zero-order chi connectivity index (χ0) is 38.4. The Hall–Kier alpha value is -5.14. The van der Waals surface area contributed by atoms with Crippen LogP contribution in [0.3, 0.4) is 0 Å². The Labute approximate surface area is 287 Å². The number of hydrogen-bond donors (Lipinski definition) is 10. The number of carbonyl (C=O) groups excluding carboxylic acids is 6. The minimum Gasteiger partial charge on any atom is -0.480 e. The van der Waals surface area contributed by atoms with E-state index in [9.17, 15) is 63.3 Å². The van der Waals surface area contributed by atoms with Crippen LogP contribution in [-0.2, 0) is 47.9 Å². The summed E-state index contributed by atoms with van der Waals surface area (Å²) in [5.41, 5.74) is 0. The predicted octanol–water partition coefficient (Wildman–Crippen LogP) is -2.13. The van der Waals surface area contributed by atoms with E-state index in [4.69, 9.17) is 5.11 Å². The molecular formula is C30H48N6O14. The van der Waals surface area contributed by atoms with Crippen LogP contribution in [0.2, 0.25) is 0 Å². The molecule has 0 aromatic carbocycles. The third-order valence-electron chi connectivity index (χ3n) is 7.30. The van der Waals surface area contributed by atoms with E-state index in [1.54, 1.807) is 7.05 Å². The zero-order valence-corrected chi connectivity index (χ0v) is 28.2. The van der Waals surface area contributed by atoms with E-state index in [1.807, 2.05) is 0 Å². The second-order valence-electron chi connectivity index (χ2n) is 11.4. The molecule has 5 atom stereocenters. The SMILES string of the molecule is CN[C@@H](CCCCNC(=O)CC[C@H](NC(=O)CCC(NC(=O)CC[C@H](NC(=O)CCC(NC(C)=O)C(=O)O)C(=O)O)C(=O)O)C(=O)O)C(C)=O. The van der Waals surface area contributed by atoms with Crippen molar-refractivity contribution < 1.29 is 68.4 Å². The molecular weight excluding hydrogens is 668 g/mol. The van der Waals surface area contributed by atoms with Crippen LogP contribution in [0, 0.1) is 0 Å². The van der Waals surface area contributed by atoms with Crippen molar-refractivity contribution >= 4 is 59.2 Å². The van der Waals surface area contributed by atoms with E-state index in [0.717, 1.165) is 6.92 Å². The number of carboxylic acid groups (broad SMARTS) is 4. The Balaban J connectivity index is 4.79. The third-order valence-corrected chi connectivity index (χ3v) is 7.30.